The molecule has 1 heterocycles. The molecule has 0 atom stereocenters. The first-order chi connectivity index (χ1) is 7.81. The molecule has 0 radical (unpaired) electrons. The van der Waals surface area contributed by atoms with E-state index in [9.17, 15) is 21.6 Å². The first-order valence-electron chi connectivity index (χ1n) is 4.38. The van der Waals surface area contributed by atoms with Crippen molar-refractivity contribution >= 4 is 21.0 Å². The Morgan fingerprint density at radius 3 is 2.53 bits per heavy atom. The standard InChI is InChI=1S/C9H6F3NO3S/c10-9(11,12)17(14,15)16-7-3-1-2-6-4-5-13-8(6)7/h1-5,13H. The smallest absolute Gasteiger partial charge is 0.374 e. The number of nitrogens with one attached hydrogen (secondary N) is 1. The fraction of sp³-hybridized carbons (Fsp3) is 0.111. The molecule has 0 aliphatic heterocycles. The zero-order chi connectivity index (χ0) is 12.7. The van der Waals surface area contributed by atoms with Crippen molar-refractivity contribution in [3.05, 3.63) is 30.5 Å². The van der Waals surface area contributed by atoms with Gasteiger partial charge < -0.3 is 9.17 Å². The van der Waals surface area contributed by atoms with Crippen molar-refractivity contribution in [2.45, 2.75) is 5.51 Å². The minimum atomic E-state index is -5.64. The van der Waals surface area contributed by atoms with Crippen LogP contribution in [0.5, 0.6) is 5.75 Å². The van der Waals surface area contributed by atoms with Crippen LogP contribution in [0, 0.1) is 0 Å². The molecule has 2 rings (SSSR count). The molecule has 0 bridgehead atoms. The highest BCUT2D eigenvalue weighted by Gasteiger charge is 2.48. The summed E-state index contributed by atoms with van der Waals surface area (Å²) in [7, 11) is -5.64. The van der Waals surface area contributed by atoms with Gasteiger partial charge in [-0.3, -0.25) is 0 Å². The van der Waals surface area contributed by atoms with Crippen molar-refractivity contribution in [1.82, 2.24) is 4.98 Å². The molecule has 1 aromatic heterocycles. The van der Waals surface area contributed by atoms with E-state index in [1.54, 1.807) is 12.1 Å². The predicted molar refractivity (Wildman–Crippen MR) is 53.9 cm³/mol. The van der Waals surface area contributed by atoms with Gasteiger partial charge in [0.05, 0.1) is 5.52 Å². The van der Waals surface area contributed by atoms with Gasteiger partial charge in [0, 0.05) is 11.6 Å². The summed E-state index contributed by atoms with van der Waals surface area (Å²) in [5, 5.41) is 0.555. The molecular weight excluding hydrogens is 259 g/mol. The molecule has 0 aliphatic carbocycles. The number of benzene rings is 1. The third-order valence-corrected chi connectivity index (χ3v) is 3.00. The van der Waals surface area contributed by atoms with Gasteiger partial charge in [0.25, 0.3) is 0 Å². The molecule has 0 amide bonds. The van der Waals surface area contributed by atoms with Gasteiger partial charge in [0.15, 0.2) is 5.75 Å². The van der Waals surface area contributed by atoms with Crippen LogP contribution in [0.15, 0.2) is 30.5 Å². The quantitative estimate of drug-likeness (QED) is 0.670. The van der Waals surface area contributed by atoms with Crippen molar-refractivity contribution in [3.8, 4) is 5.75 Å². The van der Waals surface area contributed by atoms with E-state index < -0.39 is 15.6 Å². The van der Waals surface area contributed by atoms with Crippen LogP contribution in [-0.2, 0) is 10.1 Å². The van der Waals surface area contributed by atoms with Gasteiger partial charge in [-0.2, -0.15) is 21.6 Å². The van der Waals surface area contributed by atoms with E-state index in [0.29, 0.717) is 5.39 Å². The normalized spacial score (nSPS) is 12.9. The van der Waals surface area contributed by atoms with Gasteiger partial charge in [0.2, 0.25) is 0 Å². The topological polar surface area (TPSA) is 59.2 Å². The summed E-state index contributed by atoms with van der Waals surface area (Å²) in [6.45, 7) is 0. The van der Waals surface area contributed by atoms with Crippen molar-refractivity contribution in [1.29, 1.82) is 0 Å². The van der Waals surface area contributed by atoms with Crippen molar-refractivity contribution in [2.75, 3.05) is 0 Å². The fourth-order valence-electron chi connectivity index (χ4n) is 1.29. The first-order valence-corrected chi connectivity index (χ1v) is 5.79. The molecule has 0 saturated carbocycles. The number of halogens is 3. The number of H-pyrrole nitrogens is 1. The second-order valence-corrected chi connectivity index (χ2v) is 4.72. The highest BCUT2D eigenvalue weighted by atomic mass is 32.2. The molecule has 17 heavy (non-hydrogen) atoms. The van der Waals surface area contributed by atoms with Gasteiger partial charge in [-0.05, 0) is 12.1 Å². The summed E-state index contributed by atoms with van der Waals surface area (Å²) in [5.74, 6) is -0.384. The number of para-hydroxylation sites is 1. The third kappa shape index (κ3) is 2.07. The molecule has 8 heteroatoms. The number of alkyl halides is 3. The third-order valence-electron chi connectivity index (χ3n) is 2.03. The van der Waals surface area contributed by atoms with Gasteiger partial charge in [-0.1, -0.05) is 12.1 Å². The molecule has 2 aromatic rings. The Hall–Kier alpha value is -1.70. The fourth-order valence-corrected chi connectivity index (χ4v) is 1.76. The maximum atomic E-state index is 12.1. The zero-order valence-electron chi connectivity index (χ0n) is 8.15. The van der Waals surface area contributed by atoms with Crippen LogP contribution in [-0.4, -0.2) is 18.9 Å². The lowest BCUT2D eigenvalue weighted by molar-refractivity contribution is -0.0499. The Morgan fingerprint density at radius 2 is 1.88 bits per heavy atom. The summed E-state index contributed by atoms with van der Waals surface area (Å²) in [5.41, 5.74) is -5.25. The minimum absolute atomic E-state index is 0.195. The van der Waals surface area contributed by atoms with Gasteiger partial charge in [-0.25, -0.2) is 0 Å². The lowest BCUT2D eigenvalue weighted by Gasteiger charge is -2.09. The summed E-state index contributed by atoms with van der Waals surface area (Å²) < 4.78 is 62.1. The summed E-state index contributed by atoms with van der Waals surface area (Å²) in [4.78, 5) is 2.61. The van der Waals surface area contributed by atoms with E-state index in [1.807, 2.05) is 0 Å². The van der Waals surface area contributed by atoms with Crippen molar-refractivity contribution in [2.24, 2.45) is 0 Å². The van der Waals surface area contributed by atoms with Crippen molar-refractivity contribution in [3.63, 3.8) is 0 Å². The van der Waals surface area contributed by atoms with E-state index in [2.05, 4.69) is 9.17 Å². The minimum Gasteiger partial charge on any atom is -0.374 e. The van der Waals surface area contributed by atoms with E-state index in [-0.39, 0.29) is 11.3 Å². The van der Waals surface area contributed by atoms with E-state index in [4.69, 9.17) is 0 Å². The average molecular weight is 265 g/mol. The summed E-state index contributed by atoms with van der Waals surface area (Å²) in [6, 6.07) is 5.74. The van der Waals surface area contributed by atoms with Crippen LogP contribution in [0.1, 0.15) is 0 Å². The number of hydrogen-bond donors (Lipinski definition) is 1. The van der Waals surface area contributed by atoms with Crippen molar-refractivity contribution < 1.29 is 25.8 Å². The molecular formula is C9H6F3NO3S. The SMILES string of the molecule is O=S(=O)(Oc1cccc2cc[nH]c12)C(F)(F)F. The average Bonchev–Trinajstić information content (AvgIpc) is 2.64. The number of aromatic nitrogens is 1. The second kappa shape index (κ2) is 3.66. The molecule has 92 valence electrons. The molecule has 0 spiro atoms. The molecule has 0 aliphatic rings. The monoisotopic (exact) mass is 265 g/mol. The zero-order valence-corrected chi connectivity index (χ0v) is 8.97. The predicted octanol–water partition coefficient (Wildman–Crippen LogP) is 2.40. The van der Waals surface area contributed by atoms with Gasteiger partial charge in [0.1, 0.15) is 0 Å². The number of fused-ring (bicyclic) bond motifs is 1. The Kier molecular flexibility index (Phi) is 2.53. The van der Waals surface area contributed by atoms with Crippen LogP contribution in [0.3, 0.4) is 0 Å². The van der Waals surface area contributed by atoms with Crippen LogP contribution < -0.4 is 4.18 Å². The molecule has 4 nitrogen and oxygen atoms in total. The van der Waals surface area contributed by atoms with Crippen LogP contribution in [0.4, 0.5) is 13.2 Å². The van der Waals surface area contributed by atoms with E-state index >= 15 is 0 Å². The Labute approximate surface area is 94.1 Å². The van der Waals surface area contributed by atoms with E-state index in [1.165, 1.54) is 12.3 Å². The summed E-state index contributed by atoms with van der Waals surface area (Å²) >= 11 is 0. The lowest BCUT2D eigenvalue weighted by atomic mass is 10.2. The van der Waals surface area contributed by atoms with Gasteiger partial charge in [-0.15, -0.1) is 0 Å². The molecule has 1 aromatic carbocycles. The largest absolute Gasteiger partial charge is 0.534 e. The lowest BCUT2D eigenvalue weighted by Crippen LogP contribution is -2.28. The maximum Gasteiger partial charge on any atom is 0.534 e. The van der Waals surface area contributed by atoms with Crippen LogP contribution >= 0.6 is 0 Å². The second-order valence-electron chi connectivity index (χ2n) is 3.18. The molecule has 0 saturated heterocycles. The Balaban J connectivity index is 2.47. The van der Waals surface area contributed by atoms with Gasteiger partial charge >= 0.3 is 15.6 Å². The van der Waals surface area contributed by atoms with Crippen LogP contribution in [0.2, 0.25) is 0 Å². The molecule has 0 fully saturated rings. The number of hydrogen-bond acceptors (Lipinski definition) is 3. The molecule has 1 N–H and O–H groups in total. The number of aromatic amines is 1. The highest BCUT2D eigenvalue weighted by Crippen LogP contribution is 2.30. The van der Waals surface area contributed by atoms with E-state index in [0.717, 1.165) is 6.07 Å². The Bertz CT molecular complexity index is 645. The Morgan fingerprint density at radius 1 is 1.18 bits per heavy atom. The summed E-state index contributed by atoms with van der Waals surface area (Å²) in [6.07, 6.45) is 1.47. The number of rotatable bonds is 2. The highest BCUT2D eigenvalue weighted by molar-refractivity contribution is 7.88. The first kappa shape index (κ1) is 11.8. The maximum absolute atomic E-state index is 12.1. The molecule has 0 unspecified atom stereocenters. The van der Waals surface area contributed by atoms with Crippen LogP contribution in [0.25, 0.3) is 10.9 Å².